The van der Waals surface area contributed by atoms with E-state index in [4.69, 9.17) is 0 Å². The van der Waals surface area contributed by atoms with Crippen LogP contribution in [0.15, 0.2) is 54.7 Å². The van der Waals surface area contributed by atoms with Gasteiger partial charge in [-0.3, -0.25) is 4.31 Å². The van der Waals surface area contributed by atoms with Gasteiger partial charge >= 0.3 is 0 Å². The molecule has 0 bridgehead atoms. The van der Waals surface area contributed by atoms with Crippen molar-refractivity contribution in [2.24, 2.45) is 0 Å². The monoisotopic (exact) mass is 396 g/mol. The molecule has 0 radical (unpaired) electrons. The SMILES string of the molecule is CN(C)c1ccc([C@H]2c3ccccc3C=CN2S(=O)(=O)C2CCCCC2)cc1. The lowest BCUT2D eigenvalue weighted by molar-refractivity contribution is 0.412. The summed E-state index contributed by atoms with van der Waals surface area (Å²) in [5.74, 6) is 0. The van der Waals surface area contributed by atoms with Crippen LogP contribution in [-0.4, -0.2) is 32.1 Å². The second-order valence-electron chi connectivity index (χ2n) is 7.97. The number of hydrogen-bond acceptors (Lipinski definition) is 3. The third kappa shape index (κ3) is 3.44. The van der Waals surface area contributed by atoms with Gasteiger partial charge in [0.1, 0.15) is 0 Å². The molecule has 0 spiro atoms. The Balaban J connectivity index is 1.78. The van der Waals surface area contributed by atoms with E-state index in [0.717, 1.165) is 54.5 Å². The summed E-state index contributed by atoms with van der Waals surface area (Å²) in [6, 6.07) is 16.0. The molecule has 5 heteroatoms. The van der Waals surface area contributed by atoms with Crippen molar-refractivity contribution in [1.29, 1.82) is 0 Å². The number of anilines is 1. The quantitative estimate of drug-likeness (QED) is 0.746. The van der Waals surface area contributed by atoms with Crippen LogP contribution >= 0.6 is 0 Å². The van der Waals surface area contributed by atoms with Gasteiger partial charge in [0.25, 0.3) is 0 Å². The molecule has 2 aromatic carbocycles. The number of fused-ring (bicyclic) bond motifs is 1. The van der Waals surface area contributed by atoms with Crippen molar-refractivity contribution >= 4 is 21.8 Å². The van der Waals surface area contributed by atoms with Crippen LogP contribution in [0.1, 0.15) is 54.8 Å². The highest BCUT2D eigenvalue weighted by molar-refractivity contribution is 7.89. The molecule has 1 heterocycles. The van der Waals surface area contributed by atoms with Crippen molar-refractivity contribution in [3.8, 4) is 0 Å². The summed E-state index contributed by atoms with van der Waals surface area (Å²) in [5, 5.41) is -0.278. The molecule has 0 N–H and O–H groups in total. The molecular formula is C23H28N2O2S. The molecule has 1 aliphatic heterocycles. The lowest BCUT2D eigenvalue weighted by Crippen LogP contribution is -2.40. The van der Waals surface area contributed by atoms with Gasteiger partial charge in [-0.1, -0.05) is 55.7 Å². The fourth-order valence-corrected chi connectivity index (χ4v) is 6.37. The minimum Gasteiger partial charge on any atom is -0.378 e. The van der Waals surface area contributed by atoms with E-state index >= 15 is 0 Å². The van der Waals surface area contributed by atoms with Crippen molar-refractivity contribution in [1.82, 2.24) is 4.31 Å². The molecule has 4 nitrogen and oxygen atoms in total. The largest absolute Gasteiger partial charge is 0.378 e. The minimum atomic E-state index is -3.42. The average molecular weight is 397 g/mol. The highest BCUT2D eigenvalue weighted by Gasteiger charge is 2.38. The normalized spacial score (nSPS) is 20.1. The molecule has 2 aromatic rings. The molecule has 28 heavy (non-hydrogen) atoms. The van der Waals surface area contributed by atoms with Gasteiger partial charge in [0, 0.05) is 26.0 Å². The summed E-state index contributed by atoms with van der Waals surface area (Å²) in [6.45, 7) is 0. The summed E-state index contributed by atoms with van der Waals surface area (Å²) in [6.07, 6.45) is 8.37. The van der Waals surface area contributed by atoms with Gasteiger partial charge in [-0.05, 0) is 47.7 Å². The van der Waals surface area contributed by atoms with Crippen LogP contribution in [0.25, 0.3) is 6.08 Å². The molecule has 0 unspecified atom stereocenters. The molecule has 1 saturated carbocycles. The van der Waals surface area contributed by atoms with Crippen molar-refractivity contribution in [3.05, 3.63) is 71.4 Å². The van der Waals surface area contributed by atoms with E-state index < -0.39 is 10.0 Å². The smallest absolute Gasteiger partial charge is 0.238 e. The Hall–Kier alpha value is -2.27. The van der Waals surface area contributed by atoms with E-state index in [9.17, 15) is 8.42 Å². The second-order valence-corrected chi connectivity index (χ2v) is 10.1. The van der Waals surface area contributed by atoms with Crippen LogP contribution in [0.4, 0.5) is 5.69 Å². The first-order valence-electron chi connectivity index (χ1n) is 10.1. The van der Waals surface area contributed by atoms with Crippen LogP contribution in [0.3, 0.4) is 0 Å². The average Bonchev–Trinajstić information content (AvgIpc) is 2.73. The topological polar surface area (TPSA) is 40.6 Å². The number of benzene rings is 2. The van der Waals surface area contributed by atoms with E-state index in [2.05, 4.69) is 35.2 Å². The molecule has 0 saturated heterocycles. The first-order valence-corrected chi connectivity index (χ1v) is 11.6. The first-order chi connectivity index (χ1) is 13.5. The van der Waals surface area contributed by atoms with Crippen molar-refractivity contribution in [2.75, 3.05) is 19.0 Å². The van der Waals surface area contributed by atoms with Crippen molar-refractivity contribution in [2.45, 2.75) is 43.4 Å². The van der Waals surface area contributed by atoms with Crippen LogP contribution < -0.4 is 4.90 Å². The Bertz CT molecular complexity index is 958. The maximum atomic E-state index is 13.6. The summed E-state index contributed by atoms with van der Waals surface area (Å²) in [7, 11) is 0.599. The second kappa shape index (κ2) is 7.63. The predicted octanol–water partition coefficient (Wildman–Crippen LogP) is 4.79. The molecule has 1 aliphatic carbocycles. The molecule has 2 aliphatic rings. The first kappa shape index (κ1) is 19.1. The Labute approximate surface area is 168 Å². The number of rotatable bonds is 4. The molecule has 148 valence electrons. The van der Waals surface area contributed by atoms with Gasteiger partial charge in [0.2, 0.25) is 10.0 Å². The molecule has 1 atom stereocenters. The van der Waals surface area contributed by atoms with Gasteiger partial charge in [0.05, 0.1) is 11.3 Å². The molecule has 1 fully saturated rings. The lowest BCUT2D eigenvalue weighted by atomic mass is 9.92. The van der Waals surface area contributed by atoms with E-state index in [0.29, 0.717) is 0 Å². The zero-order valence-corrected chi connectivity index (χ0v) is 17.4. The van der Waals surface area contributed by atoms with Crippen molar-refractivity contribution in [3.63, 3.8) is 0 Å². The Morgan fingerprint density at radius 1 is 0.929 bits per heavy atom. The van der Waals surface area contributed by atoms with Gasteiger partial charge in [-0.2, -0.15) is 0 Å². The van der Waals surface area contributed by atoms with E-state index in [1.807, 2.05) is 38.4 Å². The predicted molar refractivity (Wildman–Crippen MR) is 116 cm³/mol. The van der Waals surface area contributed by atoms with Gasteiger partial charge in [0.15, 0.2) is 0 Å². The van der Waals surface area contributed by atoms with Crippen LogP contribution in [0, 0.1) is 0 Å². The number of sulfonamides is 1. The highest BCUT2D eigenvalue weighted by atomic mass is 32.2. The van der Waals surface area contributed by atoms with E-state index in [-0.39, 0.29) is 11.3 Å². The zero-order chi connectivity index (χ0) is 19.7. The summed E-state index contributed by atoms with van der Waals surface area (Å²) >= 11 is 0. The maximum Gasteiger partial charge on any atom is 0.238 e. The zero-order valence-electron chi connectivity index (χ0n) is 16.6. The van der Waals surface area contributed by atoms with Gasteiger partial charge < -0.3 is 4.90 Å². The fraction of sp³-hybridized carbons (Fsp3) is 0.391. The fourth-order valence-electron chi connectivity index (χ4n) is 4.34. The molecular weight excluding hydrogens is 368 g/mol. The molecule has 0 aromatic heterocycles. The van der Waals surface area contributed by atoms with E-state index in [1.165, 1.54) is 0 Å². The van der Waals surface area contributed by atoms with Gasteiger partial charge in [-0.25, -0.2) is 8.42 Å². The Morgan fingerprint density at radius 3 is 2.29 bits per heavy atom. The van der Waals surface area contributed by atoms with Gasteiger partial charge in [-0.15, -0.1) is 0 Å². The number of hydrogen-bond donors (Lipinski definition) is 0. The van der Waals surface area contributed by atoms with Crippen LogP contribution in [0.5, 0.6) is 0 Å². The standard InChI is InChI=1S/C23H28N2O2S/c1-24(2)20-14-12-19(13-15-20)23-22-11-7-6-8-18(22)16-17-25(23)28(26,27)21-9-4-3-5-10-21/h6-8,11-17,21,23H,3-5,9-10H2,1-2H3/t23-/m0/s1. The third-order valence-electron chi connectivity index (χ3n) is 5.94. The molecule has 4 rings (SSSR count). The Morgan fingerprint density at radius 2 is 1.61 bits per heavy atom. The summed E-state index contributed by atoms with van der Waals surface area (Å²) < 4.78 is 28.8. The van der Waals surface area contributed by atoms with Crippen LogP contribution in [0.2, 0.25) is 0 Å². The Kier molecular flexibility index (Phi) is 5.19. The third-order valence-corrected chi connectivity index (χ3v) is 8.17. The maximum absolute atomic E-state index is 13.6. The minimum absolute atomic E-state index is 0.278. The van der Waals surface area contributed by atoms with Crippen LogP contribution in [-0.2, 0) is 10.0 Å². The molecule has 0 amide bonds. The highest BCUT2D eigenvalue weighted by Crippen LogP contribution is 2.40. The summed E-state index contributed by atoms with van der Waals surface area (Å²) in [5.41, 5.74) is 4.23. The van der Waals surface area contributed by atoms with E-state index in [1.54, 1.807) is 10.5 Å². The summed E-state index contributed by atoms with van der Waals surface area (Å²) in [4.78, 5) is 2.05. The van der Waals surface area contributed by atoms with Crippen molar-refractivity contribution < 1.29 is 8.42 Å². The lowest BCUT2D eigenvalue weighted by Gasteiger charge is -2.37. The number of nitrogens with zero attached hydrogens (tertiary/aromatic N) is 2.